The number of nitrogens with one attached hydrogen (secondary N) is 2. The van der Waals surface area contributed by atoms with Gasteiger partial charge in [0.15, 0.2) is 0 Å². The smallest absolute Gasteiger partial charge is 0.254 e. The molecular weight excluding hydrogens is 402 g/mol. The van der Waals surface area contributed by atoms with Crippen LogP contribution in [0.1, 0.15) is 49.9 Å². The Kier molecular flexibility index (Phi) is 6.23. The fourth-order valence-electron chi connectivity index (χ4n) is 4.15. The lowest BCUT2D eigenvalue weighted by atomic mass is 10.1. The molecule has 3 heterocycles. The van der Waals surface area contributed by atoms with Crippen LogP contribution < -0.4 is 10.6 Å². The highest BCUT2D eigenvalue weighted by Gasteiger charge is 2.27. The van der Waals surface area contributed by atoms with E-state index in [1.54, 1.807) is 6.20 Å². The molecule has 3 aromatic rings. The number of imidazole rings is 1. The van der Waals surface area contributed by atoms with Crippen molar-refractivity contribution in [3.05, 3.63) is 54.1 Å². The zero-order valence-electron chi connectivity index (χ0n) is 19.3. The van der Waals surface area contributed by atoms with E-state index in [9.17, 15) is 4.79 Å². The van der Waals surface area contributed by atoms with Gasteiger partial charge in [0, 0.05) is 48.7 Å². The van der Waals surface area contributed by atoms with E-state index in [1.165, 1.54) is 0 Å². The van der Waals surface area contributed by atoms with Gasteiger partial charge in [-0.3, -0.25) is 4.79 Å². The summed E-state index contributed by atoms with van der Waals surface area (Å²) in [6.45, 7) is 12.0. The molecule has 0 radical (unpaired) electrons. The first-order chi connectivity index (χ1) is 15.3. The molecule has 8 heteroatoms. The van der Waals surface area contributed by atoms with Crippen LogP contribution in [0.15, 0.2) is 42.7 Å². The number of hydrogen-bond donors (Lipinski definition) is 2. The van der Waals surface area contributed by atoms with Gasteiger partial charge >= 0.3 is 0 Å². The highest BCUT2D eigenvalue weighted by Crippen LogP contribution is 2.24. The normalized spacial score (nSPS) is 18.8. The highest BCUT2D eigenvalue weighted by molar-refractivity contribution is 5.95. The number of carbonyl (C=O) groups is 1. The number of anilines is 2. The Bertz CT molecular complexity index is 1090. The maximum atomic E-state index is 13.0. The van der Waals surface area contributed by atoms with E-state index in [0.29, 0.717) is 24.1 Å². The molecule has 2 aromatic heterocycles. The van der Waals surface area contributed by atoms with Crippen LogP contribution in [0.5, 0.6) is 0 Å². The fraction of sp³-hybridized carbons (Fsp3) is 0.417. The molecule has 1 saturated heterocycles. The van der Waals surface area contributed by atoms with Crippen molar-refractivity contribution in [1.29, 1.82) is 0 Å². The third kappa shape index (κ3) is 4.50. The van der Waals surface area contributed by atoms with Gasteiger partial charge in [-0.05, 0) is 65.0 Å². The molecule has 32 heavy (non-hydrogen) atoms. The number of rotatable bonds is 5. The molecule has 0 unspecified atom stereocenters. The summed E-state index contributed by atoms with van der Waals surface area (Å²) >= 11 is 0. The standard InChI is InChI=1S/C24H31N7O/c1-15(2)31-18(5)27-13-22(31)21-10-11-25-24(29-21)28-20-8-6-19(7-9-20)23(32)30-14-16(3)26-12-17(30)4/h6-11,13,15-17,26H,12,14H2,1-5H3,(H,25,28,29)/t16-,17+/m1/s1. The molecule has 0 bridgehead atoms. The molecule has 1 aliphatic rings. The lowest BCUT2D eigenvalue weighted by Gasteiger charge is -2.37. The number of aromatic nitrogens is 4. The lowest BCUT2D eigenvalue weighted by Crippen LogP contribution is -2.56. The van der Waals surface area contributed by atoms with Crippen LogP contribution in [0.3, 0.4) is 0 Å². The number of piperazine rings is 1. The molecule has 168 valence electrons. The minimum Gasteiger partial charge on any atom is -0.333 e. The SMILES string of the molecule is Cc1ncc(-c2ccnc(Nc3ccc(C(=O)N4C[C@@H](C)NC[C@@H]4C)cc3)n2)n1C(C)C. The fourth-order valence-corrected chi connectivity index (χ4v) is 4.15. The van der Waals surface area contributed by atoms with E-state index in [4.69, 9.17) is 0 Å². The van der Waals surface area contributed by atoms with Gasteiger partial charge in [0.25, 0.3) is 5.91 Å². The van der Waals surface area contributed by atoms with Crippen molar-refractivity contribution in [2.24, 2.45) is 0 Å². The van der Waals surface area contributed by atoms with E-state index < -0.39 is 0 Å². The topological polar surface area (TPSA) is 88.0 Å². The Morgan fingerprint density at radius 2 is 1.91 bits per heavy atom. The molecule has 0 aliphatic carbocycles. The summed E-state index contributed by atoms with van der Waals surface area (Å²) in [5.41, 5.74) is 3.28. The van der Waals surface area contributed by atoms with E-state index >= 15 is 0 Å². The Hall–Kier alpha value is -3.26. The van der Waals surface area contributed by atoms with Crippen molar-refractivity contribution in [2.45, 2.75) is 52.7 Å². The average molecular weight is 434 g/mol. The molecule has 8 nitrogen and oxygen atoms in total. The number of aryl methyl sites for hydroxylation is 1. The average Bonchev–Trinajstić information content (AvgIpc) is 3.17. The molecule has 1 amide bonds. The lowest BCUT2D eigenvalue weighted by molar-refractivity contribution is 0.0616. The van der Waals surface area contributed by atoms with Crippen LogP contribution in [-0.4, -0.2) is 55.5 Å². The minimum absolute atomic E-state index is 0.0629. The van der Waals surface area contributed by atoms with Crippen LogP contribution in [0.25, 0.3) is 11.4 Å². The maximum Gasteiger partial charge on any atom is 0.254 e. The van der Waals surface area contributed by atoms with Crippen LogP contribution in [0, 0.1) is 6.92 Å². The van der Waals surface area contributed by atoms with Gasteiger partial charge in [-0.25, -0.2) is 15.0 Å². The van der Waals surface area contributed by atoms with Crippen LogP contribution in [0.4, 0.5) is 11.6 Å². The Balaban J connectivity index is 1.50. The van der Waals surface area contributed by atoms with Crippen LogP contribution in [-0.2, 0) is 0 Å². The molecule has 1 aromatic carbocycles. The summed E-state index contributed by atoms with van der Waals surface area (Å²) in [5.74, 6) is 1.52. The Labute approximate surface area is 189 Å². The van der Waals surface area contributed by atoms with Gasteiger partial charge in [-0.15, -0.1) is 0 Å². The van der Waals surface area contributed by atoms with Crippen LogP contribution in [0.2, 0.25) is 0 Å². The van der Waals surface area contributed by atoms with Crippen LogP contribution >= 0.6 is 0 Å². The quantitative estimate of drug-likeness (QED) is 0.636. The zero-order valence-corrected chi connectivity index (χ0v) is 19.3. The predicted molar refractivity (Wildman–Crippen MR) is 126 cm³/mol. The van der Waals surface area contributed by atoms with Gasteiger partial charge in [0.05, 0.1) is 17.6 Å². The van der Waals surface area contributed by atoms with Crippen molar-refractivity contribution in [3.63, 3.8) is 0 Å². The monoisotopic (exact) mass is 433 g/mol. The molecule has 4 rings (SSSR count). The first kappa shape index (κ1) is 22.0. The van der Waals surface area contributed by atoms with Gasteiger partial charge in [0.1, 0.15) is 5.82 Å². The maximum absolute atomic E-state index is 13.0. The van der Waals surface area contributed by atoms with E-state index in [0.717, 1.165) is 29.4 Å². The molecular formula is C24H31N7O. The van der Waals surface area contributed by atoms with E-state index in [2.05, 4.69) is 57.8 Å². The summed E-state index contributed by atoms with van der Waals surface area (Å²) in [6, 6.07) is 10.1. The number of hydrogen-bond acceptors (Lipinski definition) is 6. The second kappa shape index (κ2) is 9.08. The molecule has 1 fully saturated rings. The first-order valence-electron chi connectivity index (χ1n) is 11.1. The van der Waals surface area contributed by atoms with Crippen molar-refractivity contribution in [3.8, 4) is 11.4 Å². The predicted octanol–water partition coefficient (Wildman–Crippen LogP) is 3.80. The van der Waals surface area contributed by atoms with Crippen molar-refractivity contribution >= 4 is 17.5 Å². The van der Waals surface area contributed by atoms with Gasteiger partial charge in [-0.2, -0.15) is 0 Å². The number of amides is 1. The molecule has 0 spiro atoms. The van der Waals surface area contributed by atoms with Crippen molar-refractivity contribution in [2.75, 3.05) is 18.4 Å². The minimum atomic E-state index is 0.0629. The molecule has 2 N–H and O–H groups in total. The van der Waals surface area contributed by atoms with Gasteiger partial charge in [0.2, 0.25) is 5.95 Å². The first-order valence-corrected chi connectivity index (χ1v) is 11.1. The van der Waals surface area contributed by atoms with E-state index in [1.807, 2.05) is 48.4 Å². The Morgan fingerprint density at radius 1 is 1.16 bits per heavy atom. The Morgan fingerprint density at radius 3 is 2.62 bits per heavy atom. The summed E-state index contributed by atoms with van der Waals surface area (Å²) in [5, 5.41) is 6.65. The molecule has 0 saturated carbocycles. The van der Waals surface area contributed by atoms with Gasteiger partial charge < -0.3 is 20.1 Å². The summed E-state index contributed by atoms with van der Waals surface area (Å²) < 4.78 is 2.16. The van der Waals surface area contributed by atoms with Gasteiger partial charge in [-0.1, -0.05) is 0 Å². The molecule has 1 aliphatic heterocycles. The second-order valence-corrected chi connectivity index (χ2v) is 8.74. The van der Waals surface area contributed by atoms with E-state index in [-0.39, 0.29) is 18.0 Å². The summed E-state index contributed by atoms with van der Waals surface area (Å²) in [4.78, 5) is 28.4. The number of benzene rings is 1. The van der Waals surface area contributed by atoms with Crippen molar-refractivity contribution < 1.29 is 4.79 Å². The van der Waals surface area contributed by atoms with Crippen molar-refractivity contribution in [1.82, 2.24) is 29.7 Å². The largest absolute Gasteiger partial charge is 0.333 e. The second-order valence-electron chi connectivity index (χ2n) is 8.74. The summed E-state index contributed by atoms with van der Waals surface area (Å²) in [6.07, 6.45) is 3.59. The number of nitrogens with zero attached hydrogens (tertiary/aromatic N) is 5. The molecule has 2 atom stereocenters. The zero-order chi connectivity index (χ0) is 22.8. The highest BCUT2D eigenvalue weighted by atomic mass is 16.2. The number of carbonyl (C=O) groups excluding carboxylic acids is 1. The third-order valence-corrected chi connectivity index (χ3v) is 5.83. The summed E-state index contributed by atoms with van der Waals surface area (Å²) in [7, 11) is 0. The third-order valence-electron chi connectivity index (χ3n) is 5.83.